The number of phosphoric ester groups is 1. The lowest BCUT2D eigenvalue weighted by Crippen LogP contribution is -2.53. The van der Waals surface area contributed by atoms with Crippen molar-refractivity contribution in [1.29, 1.82) is 0 Å². The fourth-order valence-corrected chi connectivity index (χ4v) is 3.61. The van der Waals surface area contributed by atoms with Crippen LogP contribution in [0.1, 0.15) is 19.4 Å². The molecule has 6 N–H and O–H groups in total. The summed E-state index contributed by atoms with van der Waals surface area (Å²) in [6.45, 7) is 2.93. The molecule has 0 aromatic carbocycles. The van der Waals surface area contributed by atoms with E-state index in [1.54, 1.807) is 4.90 Å². The van der Waals surface area contributed by atoms with Crippen LogP contribution >= 0.6 is 7.82 Å². The zero-order valence-electron chi connectivity index (χ0n) is 14.2. The molecule has 1 fully saturated rings. The van der Waals surface area contributed by atoms with Gasteiger partial charge in [0.2, 0.25) is 0 Å². The number of rotatable bonds is 4. The number of hydrogen-bond donors (Lipinski definition) is 5. The number of ether oxygens (including phenoxy) is 1. The highest BCUT2D eigenvalue weighted by Crippen LogP contribution is 2.44. The second-order valence-corrected chi connectivity index (χ2v) is 7.62. The van der Waals surface area contributed by atoms with E-state index in [9.17, 15) is 14.8 Å². The fourth-order valence-electron chi connectivity index (χ4n) is 3.27. The van der Waals surface area contributed by atoms with Crippen molar-refractivity contribution in [3.8, 4) is 0 Å². The minimum Gasteiger partial charge on any atom is -0.387 e. The zero-order valence-corrected chi connectivity index (χ0v) is 15.1. The van der Waals surface area contributed by atoms with Crippen molar-refractivity contribution in [2.24, 2.45) is 0 Å². The number of hydrogen-bond acceptors (Lipinski definition) is 9. The molecule has 3 heterocycles. The zero-order chi connectivity index (χ0) is 19.3. The van der Waals surface area contributed by atoms with Gasteiger partial charge in [-0.05, 0) is 19.4 Å². The lowest BCUT2D eigenvalue weighted by atomic mass is 9.96. The molecular weight excluding hydrogens is 367 g/mol. The van der Waals surface area contributed by atoms with Gasteiger partial charge in [0.1, 0.15) is 35.8 Å². The molecule has 12 heteroatoms. The van der Waals surface area contributed by atoms with Gasteiger partial charge in [0.15, 0.2) is 6.23 Å². The number of aliphatic hydroxyl groups is 2. The molecule has 0 aliphatic carbocycles. The molecule has 26 heavy (non-hydrogen) atoms. The first kappa shape index (κ1) is 19.2. The summed E-state index contributed by atoms with van der Waals surface area (Å²) < 4.78 is 21.0. The molecule has 1 saturated heterocycles. The molecule has 0 radical (unpaired) electrons. The van der Waals surface area contributed by atoms with Crippen molar-refractivity contribution in [3.63, 3.8) is 0 Å². The van der Waals surface area contributed by atoms with Gasteiger partial charge >= 0.3 is 7.82 Å². The lowest BCUT2D eigenvalue weighted by molar-refractivity contribution is -0.0627. The third kappa shape index (κ3) is 3.23. The van der Waals surface area contributed by atoms with Crippen LogP contribution in [0.2, 0.25) is 0 Å². The van der Waals surface area contributed by atoms with Crippen LogP contribution in [-0.4, -0.2) is 67.2 Å². The third-order valence-corrected chi connectivity index (χ3v) is 5.07. The highest BCUT2D eigenvalue weighted by Gasteiger charge is 2.56. The Hall–Kier alpha value is -1.59. The topological polar surface area (TPSA) is 171 Å². The maximum atomic E-state index is 10.9. The molecule has 0 spiro atoms. The number of aliphatic hydroxyl groups excluding tert-OH is 1. The SMILES string of the molecule is CC=C1CN([C@@H]2O[C@H](COP(=O)(O)O)[C@@H](O)[C@@]2(C)O)c2ncnc(N)c21. The van der Waals surface area contributed by atoms with Crippen LogP contribution in [0.4, 0.5) is 11.6 Å². The van der Waals surface area contributed by atoms with Gasteiger partial charge in [0.25, 0.3) is 0 Å². The Kier molecular flexibility index (Phi) is 4.82. The molecule has 144 valence electrons. The van der Waals surface area contributed by atoms with E-state index in [-0.39, 0.29) is 5.82 Å². The fraction of sp³-hybridized carbons (Fsp3) is 0.571. The Morgan fingerprint density at radius 3 is 2.85 bits per heavy atom. The number of anilines is 2. The van der Waals surface area contributed by atoms with E-state index < -0.39 is 38.5 Å². The number of allylic oxidation sites excluding steroid dienone is 1. The van der Waals surface area contributed by atoms with Crippen LogP contribution in [0.5, 0.6) is 0 Å². The van der Waals surface area contributed by atoms with Crippen LogP contribution in [0.25, 0.3) is 5.57 Å². The summed E-state index contributed by atoms with van der Waals surface area (Å²) in [6, 6.07) is 0. The second kappa shape index (κ2) is 6.54. The average molecular weight is 388 g/mol. The van der Waals surface area contributed by atoms with Gasteiger partial charge in [-0.3, -0.25) is 4.52 Å². The highest BCUT2D eigenvalue weighted by atomic mass is 31.2. The molecule has 2 aliphatic rings. The molecular formula is C14H21N4O7P. The van der Waals surface area contributed by atoms with Crippen molar-refractivity contribution in [2.75, 3.05) is 23.8 Å². The second-order valence-electron chi connectivity index (χ2n) is 6.38. The van der Waals surface area contributed by atoms with Crippen molar-refractivity contribution in [2.45, 2.75) is 37.9 Å². The van der Waals surface area contributed by atoms with E-state index >= 15 is 0 Å². The molecule has 1 aromatic heterocycles. The molecule has 0 amide bonds. The number of nitrogens with zero attached hydrogens (tertiary/aromatic N) is 3. The smallest absolute Gasteiger partial charge is 0.387 e. The first-order valence-corrected chi connectivity index (χ1v) is 9.38. The summed E-state index contributed by atoms with van der Waals surface area (Å²) in [5.41, 5.74) is 5.65. The van der Waals surface area contributed by atoms with E-state index in [0.717, 1.165) is 5.57 Å². The number of nitrogen functional groups attached to an aromatic ring is 1. The van der Waals surface area contributed by atoms with Crippen LogP contribution in [0.15, 0.2) is 12.4 Å². The molecule has 0 bridgehead atoms. The van der Waals surface area contributed by atoms with Crippen molar-refractivity contribution < 1.29 is 33.8 Å². The van der Waals surface area contributed by atoms with E-state index in [0.29, 0.717) is 17.9 Å². The molecule has 3 rings (SSSR count). The van der Waals surface area contributed by atoms with Crippen LogP contribution in [0.3, 0.4) is 0 Å². The largest absolute Gasteiger partial charge is 0.469 e. The van der Waals surface area contributed by atoms with Crippen LogP contribution < -0.4 is 10.6 Å². The van der Waals surface area contributed by atoms with Gasteiger partial charge in [0, 0.05) is 6.54 Å². The molecule has 0 unspecified atom stereocenters. The Balaban J connectivity index is 1.90. The van der Waals surface area contributed by atoms with Crippen LogP contribution in [0, 0.1) is 0 Å². The first-order valence-electron chi connectivity index (χ1n) is 7.85. The standard InChI is InChI=1S/C14H21N4O7P/c1-3-7-4-18(12-9(7)11(15)16-6-17-12)13-14(2,20)10(19)8(25-13)5-24-26(21,22)23/h3,6,8,10,13,19-20H,4-5H2,1-2H3,(H2,15,16,17)(H2,21,22,23)/t8-,10-,13-,14-/m1/s1. The van der Waals surface area contributed by atoms with E-state index in [1.807, 2.05) is 13.0 Å². The van der Waals surface area contributed by atoms with Gasteiger partial charge in [-0.2, -0.15) is 0 Å². The first-order chi connectivity index (χ1) is 12.1. The molecule has 0 saturated carbocycles. The quantitative estimate of drug-likeness (QED) is 0.410. The Morgan fingerprint density at radius 1 is 1.54 bits per heavy atom. The van der Waals surface area contributed by atoms with E-state index in [1.165, 1.54) is 13.3 Å². The lowest BCUT2D eigenvalue weighted by Gasteiger charge is -2.34. The summed E-state index contributed by atoms with van der Waals surface area (Å²) in [5, 5.41) is 21.1. The average Bonchev–Trinajstić information content (AvgIpc) is 3.02. The molecule has 11 nitrogen and oxygen atoms in total. The monoisotopic (exact) mass is 388 g/mol. The van der Waals surface area contributed by atoms with Gasteiger partial charge in [-0.1, -0.05) is 6.08 Å². The molecule has 2 aliphatic heterocycles. The highest BCUT2D eigenvalue weighted by molar-refractivity contribution is 7.46. The predicted molar refractivity (Wildman–Crippen MR) is 90.7 cm³/mol. The van der Waals surface area contributed by atoms with Gasteiger partial charge in [-0.15, -0.1) is 0 Å². The number of nitrogens with two attached hydrogens (primary N) is 1. The normalized spacial score (nSPS) is 33.1. The molecule has 1 aromatic rings. The number of aromatic nitrogens is 2. The van der Waals surface area contributed by atoms with Gasteiger partial charge in [0.05, 0.1) is 12.2 Å². The van der Waals surface area contributed by atoms with Crippen molar-refractivity contribution >= 4 is 25.0 Å². The molecule has 4 atom stereocenters. The van der Waals surface area contributed by atoms with E-state index in [2.05, 4.69) is 14.5 Å². The Morgan fingerprint density at radius 2 is 2.23 bits per heavy atom. The maximum Gasteiger partial charge on any atom is 0.469 e. The van der Waals surface area contributed by atoms with Crippen LogP contribution in [-0.2, 0) is 13.8 Å². The summed E-state index contributed by atoms with van der Waals surface area (Å²) in [4.78, 5) is 27.5. The Labute approximate surface area is 149 Å². The van der Waals surface area contributed by atoms with E-state index in [4.69, 9.17) is 20.3 Å². The minimum absolute atomic E-state index is 0.283. The Bertz CT molecular complexity index is 781. The van der Waals surface area contributed by atoms with Crippen molar-refractivity contribution in [3.05, 3.63) is 18.0 Å². The van der Waals surface area contributed by atoms with Crippen molar-refractivity contribution in [1.82, 2.24) is 9.97 Å². The summed E-state index contributed by atoms with van der Waals surface area (Å²) in [6.07, 6.45) is -0.481. The van der Waals surface area contributed by atoms with Gasteiger partial charge in [-0.25, -0.2) is 14.5 Å². The summed E-state index contributed by atoms with van der Waals surface area (Å²) >= 11 is 0. The minimum atomic E-state index is -4.74. The van der Waals surface area contributed by atoms with Gasteiger partial charge < -0.3 is 35.4 Å². The predicted octanol–water partition coefficient (Wildman–Crippen LogP) is -0.772. The summed E-state index contributed by atoms with van der Waals surface area (Å²) in [5.74, 6) is 0.727. The third-order valence-electron chi connectivity index (χ3n) is 4.58. The maximum absolute atomic E-state index is 10.9. The number of fused-ring (bicyclic) bond motifs is 1. The number of phosphoric acid groups is 1. The summed E-state index contributed by atoms with van der Waals surface area (Å²) in [7, 11) is -4.74.